The van der Waals surface area contributed by atoms with Crippen molar-refractivity contribution in [2.45, 2.75) is 25.0 Å². The van der Waals surface area contributed by atoms with Crippen LogP contribution in [0.3, 0.4) is 0 Å². The van der Waals surface area contributed by atoms with E-state index in [0.29, 0.717) is 12.8 Å². The van der Waals surface area contributed by atoms with Gasteiger partial charge in [0.15, 0.2) is 6.10 Å². The second kappa shape index (κ2) is 6.15. The van der Waals surface area contributed by atoms with Crippen LogP contribution in [-0.2, 0) is 9.53 Å². The van der Waals surface area contributed by atoms with Crippen molar-refractivity contribution in [2.24, 2.45) is 0 Å². The number of aromatic nitrogens is 1. The minimum atomic E-state index is -1.02. The van der Waals surface area contributed by atoms with E-state index in [1.165, 1.54) is 0 Å². The molecule has 6 nitrogen and oxygen atoms in total. The molecule has 1 aliphatic rings. The van der Waals surface area contributed by atoms with E-state index >= 15 is 0 Å². The Labute approximate surface area is 118 Å². The van der Waals surface area contributed by atoms with Crippen LogP contribution in [0.4, 0.5) is 4.39 Å². The standard InChI is InChI=1S/C12H12ClFN2O4/c13-10-8(3-6(14)4-15-10)11(17)16-5-7-1-2-9(20-7)12(18)19/h3-4,7,9H,1-2,5H2,(H,16,17)(H,18,19). The highest BCUT2D eigenvalue weighted by molar-refractivity contribution is 6.32. The third-order valence-corrected chi connectivity index (χ3v) is 3.22. The summed E-state index contributed by atoms with van der Waals surface area (Å²) in [6.45, 7) is 0.134. The van der Waals surface area contributed by atoms with Gasteiger partial charge in [0.05, 0.1) is 17.9 Å². The van der Waals surface area contributed by atoms with E-state index in [2.05, 4.69) is 10.3 Å². The Kier molecular flexibility index (Phi) is 4.51. The molecular formula is C12H12ClFN2O4. The van der Waals surface area contributed by atoms with Gasteiger partial charge in [-0.15, -0.1) is 0 Å². The lowest BCUT2D eigenvalue weighted by Crippen LogP contribution is -2.33. The van der Waals surface area contributed by atoms with Crippen molar-refractivity contribution in [2.75, 3.05) is 6.54 Å². The number of carboxylic acid groups (broad SMARTS) is 1. The van der Waals surface area contributed by atoms with Gasteiger partial charge in [-0.3, -0.25) is 4.79 Å². The van der Waals surface area contributed by atoms with E-state index in [1.807, 2.05) is 0 Å². The number of hydrogen-bond acceptors (Lipinski definition) is 4. The number of nitrogens with zero attached hydrogens (tertiary/aromatic N) is 1. The van der Waals surface area contributed by atoms with E-state index in [9.17, 15) is 14.0 Å². The van der Waals surface area contributed by atoms with Crippen LogP contribution in [0, 0.1) is 5.82 Å². The minimum Gasteiger partial charge on any atom is -0.479 e. The van der Waals surface area contributed by atoms with Gasteiger partial charge in [-0.25, -0.2) is 14.2 Å². The van der Waals surface area contributed by atoms with Gasteiger partial charge in [-0.1, -0.05) is 11.6 Å². The van der Waals surface area contributed by atoms with Gasteiger partial charge in [0.1, 0.15) is 11.0 Å². The fourth-order valence-corrected chi connectivity index (χ4v) is 2.11. The van der Waals surface area contributed by atoms with Crippen LogP contribution in [0.5, 0.6) is 0 Å². The third-order valence-electron chi connectivity index (χ3n) is 2.92. The fraction of sp³-hybridized carbons (Fsp3) is 0.417. The molecule has 0 saturated carbocycles. The second-order valence-corrected chi connectivity index (χ2v) is 4.72. The largest absolute Gasteiger partial charge is 0.479 e. The molecule has 1 saturated heterocycles. The first-order valence-corrected chi connectivity index (χ1v) is 6.32. The summed E-state index contributed by atoms with van der Waals surface area (Å²) in [5.41, 5.74) is -0.0700. The maximum atomic E-state index is 13.0. The number of aliphatic carboxylic acids is 1. The maximum Gasteiger partial charge on any atom is 0.332 e. The molecule has 0 radical (unpaired) electrons. The number of amides is 1. The number of carbonyl (C=O) groups excluding carboxylic acids is 1. The van der Waals surface area contributed by atoms with E-state index < -0.39 is 23.8 Å². The fourth-order valence-electron chi connectivity index (χ4n) is 1.92. The summed E-state index contributed by atoms with van der Waals surface area (Å²) in [6.07, 6.45) is 0.637. The van der Waals surface area contributed by atoms with Crippen LogP contribution in [0.2, 0.25) is 5.15 Å². The zero-order valence-electron chi connectivity index (χ0n) is 10.3. The molecule has 2 heterocycles. The van der Waals surface area contributed by atoms with Crippen LogP contribution >= 0.6 is 11.6 Å². The SMILES string of the molecule is O=C(NCC1CCC(C(=O)O)O1)c1cc(F)cnc1Cl. The Morgan fingerprint density at radius 3 is 2.95 bits per heavy atom. The van der Waals surface area contributed by atoms with Crippen molar-refractivity contribution in [3.63, 3.8) is 0 Å². The third kappa shape index (κ3) is 3.43. The van der Waals surface area contributed by atoms with Crippen molar-refractivity contribution in [1.29, 1.82) is 0 Å². The average molecular weight is 303 g/mol. The Bertz CT molecular complexity index is 540. The number of carboxylic acids is 1. The molecule has 0 bridgehead atoms. The predicted molar refractivity (Wildman–Crippen MR) is 67.1 cm³/mol. The van der Waals surface area contributed by atoms with E-state index in [-0.39, 0.29) is 23.4 Å². The molecule has 2 N–H and O–H groups in total. The number of nitrogens with one attached hydrogen (secondary N) is 1. The molecule has 2 atom stereocenters. The van der Waals surface area contributed by atoms with Crippen LogP contribution in [0.1, 0.15) is 23.2 Å². The predicted octanol–water partition coefficient (Wildman–Crippen LogP) is 1.24. The summed E-state index contributed by atoms with van der Waals surface area (Å²) in [5, 5.41) is 11.2. The zero-order valence-corrected chi connectivity index (χ0v) is 11.1. The Balaban J connectivity index is 1.90. The smallest absolute Gasteiger partial charge is 0.332 e. The van der Waals surface area contributed by atoms with Crippen molar-refractivity contribution in [3.8, 4) is 0 Å². The lowest BCUT2D eigenvalue weighted by molar-refractivity contribution is -0.149. The minimum absolute atomic E-state index is 0.0700. The molecule has 1 aliphatic heterocycles. The summed E-state index contributed by atoms with van der Waals surface area (Å²) in [5.74, 6) is -2.26. The van der Waals surface area contributed by atoms with Gasteiger partial charge in [0.2, 0.25) is 0 Å². The molecule has 2 unspecified atom stereocenters. The number of rotatable bonds is 4. The monoisotopic (exact) mass is 302 g/mol. The number of pyridine rings is 1. The summed E-state index contributed by atoms with van der Waals surface area (Å²) in [4.78, 5) is 26.1. The number of halogens is 2. The molecule has 0 aromatic carbocycles. The lowest BCUT2D eigenvalue weighted by Gasteiger charge is -2.12. The Morgan fingerprint density at radius 2 is 2.30 bits per heavy atom. The number of hydrogen-bond donors (Lipinski definition) is 2. The maximum absolute atomic E-state index is 13.0. The van der Waals surface area contributed by atoms with Crippen LogP contribution in [0.25, 0.3) is 0 Å². The van der Waals surface area contributed by atoms with Crippen molar-refractivity contribution in [3.05, 3.63) is 28.8 Å². The Hall–Kier alpha value is -1.73. The molecule has 1 fully saturated rings. The van der Waals surface area contributed by atoms with E-state index in [1.54, 1.807) is 0 Å². The lowest BCUT2D eigenvalue weighted by atomic mass is 10.2. The molecule has 1 aromatic heterocycles. The highest BCUT2D eigenvalue weighted by Gasteiger charge is 2.30. The molecule has 108 valence electrons. The highest BCUT2D eigenvalue weighted by atomic mass is 35.5. The molecule has 2 rings (SSSR count). The first-order valence-electron chi connectivity index (χ1n) is 5.95. The topological polar surface area (TPSA) is 88.5 Å². The van der Waals surface area contributed by atoms with Gasteiger partial charge >= 0.3 is 5.97 Å². The second-order valence-electron chi connectivity index (χ2n) is 4.36. The number of carbonyl (C=O) groups is 2. The highest BCUT2D eigenvalue weighted by Crippen LogP contribution is 2.19. The summed E-state index contributed by atoms with van der Waals surface area (Å²) < 4.78 is 18.2. The van der Waals surface area contributed by atoms with E-state index in [4.69, 9.17) is 21.4 Å². The molecule has 0 aliphatic carbocycles. The van der Waals surface area contributed by atoms with Gasteiger partial charge in [0.25, 0.3) is 5.91 Å². The average Bonchev–Trinajstić information content (AvgIpc) is 2.88. The first kappa shape index (κ1) is 14.7. The van der Waals surface area contributed by atoms with Crippen molar-refractivity contribution < 1.29 is 23.8 Å². The van der Waals surface area contributed by atoms with Crippen LogP contribution in [0.15, 0.2) is 12.3 Å². The van der Waals surface area contributed by atoms with Crippen LogP contribution < -0.4 is 5.32 Å². The molecule has 0 spiro atoms. The van der Waals surface area contributed by atoms with Gasteiger partial charge < -0.3 is 15.2 Å². The molecule has 1 aromatic rings. The van der Waals surface area contributed by atoms with Crippen LogP contribution in [-0.4, -0.2) is 40.7 Å². The summed E-state index contributed by atoms with van der Waals surface area (Å²) >= 11 is 5.70. The summed E-state index contributed by atoms with van der Waals surface area (Å²) in [7, 11) is 0. The van der Waals surface area contributed by atoms with Crippen molar-refractivity contribution in [1.82, 2.24) is 10.3 Å². The quantitative estimate of drug-likeness (QED) is 0.817. The molecular weight excluding hydrogens is 291 g/mol. The van der Waals surface area contributed by atoms with Gasteiger partial charge in [-0.2, -0.15) is 0 Å². The van der Waals surface area contributed by atoms with E-state index in [0.717, 1.165) is 12.3 Å². The first-order chi connectivity index (χ1) is 9.47. The Morgan fingerprint density at radius 1 is 1.55 bits per heavy atom. The summed E-state index contributed by atoms with van der Waals surface area (Å²) in [6, 6.07) is 0.986. The van der Waals surface area contributed by atoms with Gasteiger partial charge in [-0.05, 0) is 18.9 Å². The normalized spacial score (nSPS) is 21.7. The van der Waals surface area contributed by atoms with Gasteiger partial charge in [0, 0.05) is 6.54 Å². The zero-order chi connectivity index (χ0) is 14.7. The van der Waals surface area contributed by atoms with Crippen molar-refractivity contribution >= 4 is 23.5 Å². The molecule has 8 heteroatoms. The molecule has 1 amide bonds. The molecule has 20 heavy (non-hydrogen) atoms. The number of ether oxygens (including phenoxy) is 1.